The van der Waals surface area contributed by atoms with Crippen molar-refractivity contribution in [2.24, 2.45) is 0 Å². The molecule has 0 N–H and O–H groups in total. The maximum absolute atomic E-state index is 11.9. The SMILES string of the molecule is CCOC(=O)C([C@H](CC(C)=O)c1ccccc1Cl)[N+](=O)[O-]. The molecule has 0 saturated heterocycles. The molecule has 0 aliphatic heterocycles. The molecule has 0 aromatic heterocycles. The van der Waals surface area contributed by atoms with E-state index in [1.165, 1.54) is 6.92 Å². The van der Waals surface area contributed by atoms with Gasteiger partial charge in [-0.1, -0.05) is 29.8 Å². The fraction of sp³-hybridized carbons (Fsp3) is 0.429. The number of rotatable bonds is 7. The van der Waals surface area contributed by atoms with E-state index in [4.69, 9.17) is 16.3 Å². The lowest BCUT2D eigenvalue weighted by Gasteiger charge is -2.20. The van der Waals surface area contributed by atoms with E-state index in [-0.39, 0.29) is 23.8 Å². The Balaban J connectivity index is 3.27. The van der Waals surface area contributed by atoms with E-state index in [9.17, 15) is 19.7 Å². The van der Waals surface area contributed by atoms with Gasteiger partial charge < -0.3 is 9.53 Å². The van der Waals surface area contributed by atoms with Crippen molar-refractivity contribution in [3.63, 3.8) is 0 Å². The van der Waals surface area contributed by atoms with E-state index < -0.39 is 22.9 Å². The summed E-state index contributed by atoms with van der Waals surface area (Å²) in [6.45, 7) is 2.90. The highest BCUT2D eigenvalue weighted by atomic mass is 35.5. The van der Waals surface area contributed by atoms with Crippen LogP contribution in [0.25, 0.3) is 0 Å². The summed E-state index contributed by atoms with van der Waals surface area (Å²) >= 11 is 6.05. The third-order valence-corrected chi connectivity index (χ3v) is 3.29. The van der Waals surface area contributed by atoms with Gasteiger partial charge in [0.15, 0.2) is 0 Å². The molecule has 0 heterocycles. The Kier molecular flexibility index (Phi) is 6.30. The Labute approximate surface area is 127 Å². The Morgan fingerprint density at radius 1 is 1.38 bits per heavy atom. The van der Waals surface area contributed by atoms with E-state index >= 15 is 0 Å². The Bertz CT molecular complexity index is 546. The van der Waals surface area contributed by atoms with Gasteiger partial charge in [0.25, 0.3) is 0 Å². The van der Waals surface area contributed by atoms with Crippen LogP contribution in [0.3, 0.4) is 0 Å². The molecular formula is C14H16ClNO5. The van der Waals surface area contributed by atoms with Crippen molar-refractivity contribution in [2.75, 3.05) is 6.61 Å². The number of hydrogen-bond acceptors (Lipinski definition) is 5. The molecule has 0 aliphatic rings. The fourth-order valence-electron chi connectivity index (χ4n) is 2.10. The molecule has 21 heavy (non-hydrogen) atoms. The number of benzene rings is 1. The Morgan fingerprint density at radius 3 is 2.48 bits per heavy atom. The number of esters is 1. The maximum atomic E-state index is 11.9. The van der Waals surface area contributed by atoms with Crippen molar-refractivity contribution in [1.82, 2.24) is 0 Å². The molecule has 1 rings (SSSR count). The number of halogens is 1. The van der Waals surface area contributed by atoms with Crippen molar-refractivity contribution < 1.29 is 19.2 Å². The van der Waals surface area contributed by atoms with Gasteiger partial charge >= 0.3 is 12.0 Å². The second-order valence-corrected chi connectivity index (χ2v) is 4.92. The monoisotopic (exact) mass is 313 g/mol. The molecule has 0 radical (unpaired) electrons. The second-order valence-electron chi connectivity index (χ2n) is 4.52. The zero-order valence-corrected chi connectivity index (χ0v) is 12.5. The first-order valence-corrected chi connectivity index (χ1v) is 6.80. The van der Waals surface area contributed by atoms with Crippen LogP contribution in [0.1, 0.15) is 31.7 Å². The maximum Gasteiger partial charge on any atom is 0.382 e. The van der Waals surface area contributed by atoms with Crippen LogP contribution < -0.4 is 0 Å². The zero-order chi connectivity index (χ0) is 16.0. The number of nitrogens with zero attached hydrogens (tertiary/aromatic N) is 1. The molecule has 0 bridgehead atoms. The van der Waals surface area contributed by atoms with Crippen LogP contribution >= 0.6 is 11.6 Å². The number of hydrogen-bond donors (Lipinski definition) is 0. The molecular weight excluding hydrogens is 298 g/mol. The highest BCUT2D eigenvalue weighted by molar-refractivity contribution is 6.31. The highest BCUT2D eigenvalue weighted by Gasteiger charge is 2.42. The number of carbonyl (C=O) groups is 2. The predicted molar refractivity (Wildman–Crippen MR) is 76.9 cm³/mol. The number of nitro groups is 1. The molecule has 0 amide bonds. The van der Waals surface area contributed by atoms with Crippen LogP contribution in [0, 0.1) is 10.1 Å². The molecule has 2 atom stereocenters. The standard InChI is InChI=1S/C14H16ClNO5/c1-3-21-14(18)13(16(19)20)11(8-9(2)17)10-6-4-5-7-12(10)15/h4-7,11,13H,3,8H2,1-2H3/t11-,13?/m1/s1. The van der Waals surface area contributed by atoms with Gasteiger partial charge in [-0.25, -0.2) is 4.79 Å². The number of Topliss-reactive ketones (excluding diaryl/α,β-unsaturated/α-hetero) is 1. The van der Waals surface area contributed by atoms with Crippen molar-refractivity contribution in [2.45, 2.75) is 32.2 Å². The third kappa shape index (κ3) is 4.53. The van der Waals surface area contributed by atoms with Crippen LogP contribution in [0.5, 0.6) is 0 Å². The largest absolute Gasteiger partial charge is 0.461 e. The van der Waals surface area contributed by atoms with Gasteiger partial charge in [-0.15, -0.1) is 0 Å². The van der Waals surface area contributed by atoms with Crippen molar-refractivity contribution >= 4 is 23.4 Å². The van der Waals surface area contributed by atoms with Gasteiger partial charge in [0, 0.05) is 16.4 Å². The second kappa shape index (κ2) is 7.73. The van der Waals surface area contributed by atoms with Gasteiger partial charge in [-0.3, -0.25) is 10.1 Å². The molecule has 1 aromatic rings. The van der Waals surface area contributed by atoms with E-state index in [1.54, 1.807) is 31.2 Å². The molecule has 0 fully saturated rings. The summed E-state index contributed by atoms with van der Waals surface area (Å²) in [4.78, 5) is 33.8. The first-order chi connectivity index (χ1) is 9.88. The molecule has 1 unspecified atom stereocenters. The van der Waals surface area contributed by atoms with Crippen LogP contribution in [-0.2, 0) is 14.3 Å². The van der Waals surface area contributed by atoms with E-state index in [1.807, 2.05) is 0 Å². The van der Waals surface area contributed by atoms with Gasteiger partial charge in [0.2, 0.25) is 0 Å². The van der Waals surface area contributed by atoms with Gasteiger partial charge in [0.1, 0.15) is 5.78 Å². The molecule has 0 saturated carbocycles. The molecule has 6 nitrogen and oxygen atoms in total. The normalized spacial score (nSPS) is 13.3. The average Bonchev–Trinajstić information content (AvgIpc) is 2.38. The fourth-order valence-corrected chi connectivity index (χ4v) is 2.38. The van der Waals surface area contributed by atoms with Gasteiger partial charge in [0.05, 0.1) is 12.5 Å². The summed E-state index contributed by atoms with van der Waals surface area (Å²) < 4.78 is 4.75. The first kappa shape index (κ1) is 17.1. The minimum Gasteiger partial charge on any atom is -0.461 e. The van der Waals surface area contributed by atoms with Crippen LogP contribution in [0.2, 0.25) is 5.02 Å². The van der Waals surface area contributed by atoms with E-state index in [0.29, 0.717) is 5.56 Å². The molecule has 0 aliphatic carbocycles. The summed E-state index contributed by atoms with van der Waals surface area (Å²) in [5.74, 6) is -2.19. The van der Waals surface area contributed by atoms with Crippen LogP contribution in [0.4, 0.5) is 0 Å². The number of ether oxygens (including phenoxy) is 1. The summed E-state index contributed by atoms with van der Waals surface area (Å²) in [7, 11) is 0. The molecule has 114 valence electrons. The Hall–Kier alpha value is -1.95. The smallest absolute Gasteiger partial charge is 0.382 e. The van der Waals surface area contributed by atoms with Crippen molar-refractivity contribution in [1.29, 1.82) is 0 Å². The summed E-state index contributed by atoms with van der Waals surface area (Å²) in [6, 6.07) is 4.80. The van der Waals surface area contributed by atoms with Gasteiger partial charge in [-0.2, -0.15) is 0 Å². The van der Waals surface area contributed by atoms with Gasteiger partial charge in [-0.05, 0) is 25.5 Å². The summed E-state index contributed by atoms with van der Waals surface area (Å²) in [5.41, 5.74) is 0.393. The minimum absolute atomic E-state index is 0.0263. The Morgan fingerprint density at radius 2 is 2.00 bits per heavy atom. The quantitative estimate of drug-likeness (QED) is 0.439. The molecule has 1 aromatic carbocycles. The summed E-state index contributed by atoms with van der Waals surface area (Å²) in [6.07, 6.45) is -0.159. The van der Waals surface area contributed by atoms with Crippen LogP contribution in [0.15, 0.2) is 24.3 Å². The molecule has 0 spiro atoms. The van der Waals surface area contributed by atoms with E-state index in [0.717, 1.165) is 0 Å². The molecule has 7 heteroatoms. The number of carbonyl (C=O) groups excluding carboxylic acids is 2. The lowest BCUT2D eigenvalue weighted by Crippen LogP contribution is -2.38. The lowest BCUT2D eigenvalue weighted by molar-refractivity contribution is -0.514. The van der Waals surface area contributed by atoms with Crippen molar-refractivity contribution in [3.05, 3.63) is 45.0 Å². The lowest BCUT2D eigenvalue weighted by atomic mass is 9.87. The van der Waals surface area contributed by atoms with Crippen molar-refractivity contribution in [3.8, 4) is 0 Å². The van der Waals surface area contributed by atoms with Crippen LogP contribution in [-0.4, -0.2) is 29.3 Å². The van der Waals surface area contributed by atoms with E-state index in [2.05, 4.69) is 0 Å². The topological polar surface area (TPSA) is 86.5 Å². The summed E-state index contributed by atoms with van der Waals surface area (Å²) in [5, 5.41) is 11.6. The highest BCUT2D eigenvalue weighted by Crippen LogP contribution is 2.31. The average molecular weight is 314 g/mol. The minimum atomic E-state index is -1.66. The zero-order valence-electron chi connectivity index (χ0n) is 11.7. The third-order valence-electron chi connectivity index (χ3n) is 2.95. The first-order valence-electron chi connectivity index (χ1n) is 6.42. The predicted octanol–water partition coefficient (Wildman–Crippen LogP) is 2.61. The number of ketones is 1.